The third kappa shape index (κ3) is 8.15. The highest BCUT2D eigenvalue weighted by molar-refractivity contribution is 7.92. The van der Waals surface area contributed by atoms with Crippen LogP contribution in [0.15, 0.2) is 94.9 Å². The summed E-state index contributed by atoms with van der Waals surface area (Å²) in [6.45, 7) is -0.502. The Kier molecular flexibility index (Phi) is 9.69. The van der Waals surface area contributed by atoms with Gasteiger partial charge in [-0.1, -0.05) is 55.7 Å². The zero-order valence-corrected chi connectivity index (χ0v) is 22.3. The second-order valence-electron chi connectivity index (χ2n) is 9.21. The number of carbonyl (C=O) groups excluding carboxylic acids is 2. The molecule has 39 heavy (non-hydrogen) atoms. The third-order valence-corrected chi connectivity index (χ3v) is 8.07. The molecule has 204 valence electrons. The fourth-order valence-electron chi connectivity index (χ4n) is 4.29. The molecular weight excluding hydrogens is 516 g/mol. The number of amides is 2. The maximum atomic E-state index is 13.3. The lowest BCUT2D eigenvalue weighted by Gasteiger charge is -2.23. The van der Waals surface area contributed by atoms with Crippen LogP contribution in [-0.4, -0.2) is 45.6 Å². The van der Waals surface area contributed by atoms with E-state index in [9.17, 15) is 18.0 Å². The molecule has 0 bridgehead atoms. The first kappa shape index (κ1) is 27.8. The number of hydrogen-bond donors (Lipinski definition) is 2. The number of ether oxygens (including phenoxy) is 1. The largest absolute Gasteiger partial charge is 0.484 e. The van der Waals surface area contributed by atoms with Crippen LogP contribution in [0.5, 0.6) is 5.75 Å². The Balaban J connectivity index is 1.30. The van der Waals surface area contributed by atoms with Crippen molar-refractivity contribution in [3.05, 3.63) is 90.5 Å². The second-order valence-corrected chi connectivity index (χ2v) is 11.1. The van der Waals surface area contributed by atoms with Gasteiger partial charge in [0.2, 0.25) is 0 Å². The monoisotopic (exact) mass is 548 g/mol. The van der Waals surface area contributed by atoms with Gasteiger partial charge in [0.05, 0.1) is 16.8 Å². The van der Waals surface area contributed by atoms with E-state index < -0.39 is 22.5 Å². The molecule has 1 fully saturated rings. The van der Waals surface area contributed by atoms with Crippen molar-refractivity contribution in [3.8, 4) is 5.75 Å². The molecule has 1 aliphatic carbocycles. The molecule has 3 aromatic rings. The Morgan fingerprint density at radius 3 is 2.18 bits per heavy atom. The van der Waals surface area contributed by atoms with Gasteiger partial charge >= 0.3 is 0 Å². The molecule has 4 rings (SSSR count). The highest BCUT2D eigenvalue weighted by Gasteiger charge is 2.26. The van der Waals surface area contributed by atoms with Gasteiger partial charge in [-0.25, -0.2) is 13.8 Å². The van der Waals surface area contributed by atoms with Crippen LogP contribution in [0.3, 0.4) is 0 Å². The second kappa shape index (κ2) is 13.6. The Labute approximate surface area is 228 Å². The number of anilines is 1. The number of para-hydroxylation sites is 1. The minimum Gasteiger partial charge on any atom is -0.484 e. The van der Waals surface area contributed by atoms with Gasteiger partial charge in [-0.15, -0.1) is 0 Å². The van der Waals surface area contributed by atoms with E-state index in [1.807, 2.05) is 0 Å². The summed E-state index contributed by atoms with van der Waals surface area (Å²) in [4.78, 5) is 24.9. The first-order chi connectivity index (χ1) is 18.9. The minimum absolute atomic E-state index is 0.0518. The van der Waals surface area contributed by atoms with Crippen LogP contribution < -0.4 is 19.8 Å². The van der Waals surface area contributed by atoms with Crippen LogP contribution in [0.1, 0.15) is 37.7 Å². The topological polar surface area (TPSA) is 117 Å². The number of nitrogens with zero attached hydrogens (tertiary/aromatic N) is 2. The Bertz CT molecular complexity index is 1360. The van der Waals surface area contributed by atoms with E-state index in [0.29, 0.717) is 17.0 Å². The van der Waals surface area contributed by atoms with Crippen molar-refractivity contribution in [2.45, 2.75) is 43.0 Å². The van der Waals surface area contributed by atoms with Crippen LogP contribution in [0, 0.1) is 0 Å². The molecule has 0 unspecified atom stereocenters. The van der Waals surface area contributed by atoms with Gasteiger partial charge in [0.1, 0.15) is 12.3 Å². The van der Waals surface area contributed by atoms with Gasteiger partial charge < -0.3 is 10.1 Å². The normalized spacial score (nSPS) is 14.1. The van der Waals surface area contributed by atoms with Gasteiger partial charge in [-0.2, -0.15) is 5.10 Å². The molecule has 1 aliphatic rings. The molecule has 2 amide bonds. The molecule has 3 aromatic carbocycles. The number of benzene rings is 3. The number of nitrogens with one attached hydrogen (secondary N) is 2. The summed E-state index contributed by atoms with van der Waals surface area (Å²) >= 11 is 0. The molecule has 0 heterocycles. The predicted octanol–water partition coefficient (Wildman–Crippen LogP) is 3.86. The standard InChI is InChI=1S/C29H32N4O5S/c34-28(21-33(25-12-6-2-7-13-25)39(36,37)27-14-8-3-9-15-27)32-30-20-23-16-18-26(19-17-23)38-22-29(35)31-24-10-4-1-5-11-24/h2-3,6-9,12-20,24H,1,4-5,10-11,21-22H2,(H,31,35)(H,32,34)/b30-20-. The minimum atomic E-state index is -3.97. The molecule has 0 saturated heterocycles. The van der Waals surface area contributed by atoms with Gasteiger partial charge in [0.15, 0.2) is 6.61 Å². The average molecular weight is 549 g/mol. The van der Waals surface area contributed by atoms with Crippen molar-refractivity contribution in [2.75, 3.05) is 17.5 Å². The molecule has 0 aromatic heterocycles. The van der Waals surface area contributed by atoms with Crippen LogP contribution in [0.2, 0.25) is 0 Å². The van der Waals surface area contributed by atoms with E-state index in [0.717, 1.165) is 30.0 Å². The molecule has 0 radical (unpaired) electrons. The third-order valence-electron chi connectivity index (χ3n) is 6.29. The molecule has 9 nitrogen and oxygen atoms in total. The zero-order valence-electron chi connectivity index (χ0n) is 21.5. The summed E-state index contributed by atoms with van der Waals surface area (Å²) in [5.41, 5.74) is 3.44. The van der Waals surface area contributed by atoms with Crippen molar-refractivity contribution >= 4 is 33.7 Å². The first-order valence-electron chi connectivity index (χ1n) is 12.9. The molecule has 0 atom stereocenters. The first-order valence-corrected chi connectivity index (χ1v) is 14.3. The van der Waals surface area contributed by atoms with E-state index in [1.165, 1.54) is 24.8 Å². The van der Waals surface area contributed by atoms with Gasteiger partial charge in [-0.05, 0) is 66.9 Å². The fraction of sp³-hybridized carbons (Fsp3) is 0.276. The van der Waals surface area contributed by atoms with Gasteiger partial charge in [0.25, 0.3) is 21.8 Å². The Morgan fingerprint density at radius 2 is 1.51 bits per heavy atom. The summed E-state index contributed by atoms with van der Waals surface area (Å²) in [5.74, 6) is -0.188. The Hall–Kier alpha value is -4.18. The summed E-state index contributed by atoms with van der Waals surface area (Å²) in [7, 11) is -3.97. The molecule has 1 saturated carbocycles. The van der Waals surface area contributed by atoms with Crippen molar-refractivity contribution in [1.82, 2.24) is 10.7 Å². The maximum absolute atomic E-state index is 13.3. The summed E-state index contributed by atoms with van der Waals surface area (Å²) in [6, 6.07) is 23.5. The molecule has 10 heteroatoms. The van der Waals surface area contributed by atoms with Gasteiger partial charge in [0, 0.05) is 6.04 Å². The molecule has 0 spiro atoms. The van der Waals surface area contributed by atoms with Crippen molar-refractivity contribution in [2.24, 2.45) is 5.10 Å². The lowest BCUT2D eigenvalue weighted by atomic mass is 9.95. The van der Waals surface area contributed by atoms with E-state index in [-0.39, 0.29) is 23.5 Å². The smallest absolute Gasteiger partial charge is 0.264 e. The van der Waals surface area contributed by atoms with Crippen LogP contribution >= 0.6 is 0 Å². The van der Waals surface area contributed by atoms with Crippen LogP contribution in [-0.2, 0) is 19.6 Å². The predicted molar refractivity (Wildman–Crippen MR) is 150 cm³/mol. The summed E-state index contributed by atoms with van der Waals surface area (Å²) in [6.07, 6.45) is 6.99. The Morgan fingerprint density at radius 1 is 0.872 bits per heavy atom. The zero-order chi connectivity index (χ0) is 27.5. The van der Waals surface area contributed by atoms with Gasteiger partial charge in [-0.3, -0.25) is 13.9 Å². The van der Waals surface area contributed by atoms with Crippen molar-refractivity contribution < 1.29 is 22.7 Å². The number of carbonyl (C=O) groups is 2. The van der Waals surface area contributed by atoms with E-state index in [1.54, 1.807) is 72.8 Å². The lowest BCUT2D eigenvalue weighted by Crippen LogP contribution is -2.39. The van der Waals surface area contributed by atoms with E-state index in [2.05, 4.69) is 15.8 Å². The number of sulfonamides is 1. The lowest BCUT2D eigenvalue weighted by molar-refractivity contribution is -0.124. The van der Waals surface area contributed by atoms with Crippen LogP contribution in [0.4, 0.5) is 5.69 Å². The molecule has 0 aliphatic heterocycles. The summed E-state index contributed by atoms with van der Waals surface area (Å²) < 4.78 is 33.1. The van der Waals surface area contributed by atoms with Crippen molar-refractivity contribution in [3.63, 3.8) is 0 Å². The average Bonchev–Trinajstić information content (AvgIpc) is 2.97. The quantitative estimate of drug-likeness (QED) is 0.279. The maximum Gasteiger partial charge on any atom is 0.264 e. The fourth-order valence-corrected chi connectivity index (χ4v) is 5.73. The highest BCUT2D eigenvalue weighted by Crippen LogP contribution is 2.23. The molecule has 2 N–H and O–H groups in total. The SMILES string of the molecule is O=C(CN(c1ccccc1)S(=O)(=O)c1ccccc1)N/N=C\c1ccc(OCC(=O)NC2CCCCC2)cc1. The van der Waals surface area contributed by atoms with E-state index >= 15 is 0 Å². The summed E-state index contributed by atoms with van der Waals surface area (Å²) in [5, 5.41) is 6.98. The number of hydrazone groups is 1. The van der Waals surface area contributed by atoms with Crippen molar-refractivity contribution in [1.29, 1.82) is 0 Å². The van der Waals surface area contributed by atoms with E-state index in [4.69, 9.17) is 4.74 Å². The number of rotatable bonds is 11. The number of hydrogen-bond acceptors (Lipinski definition) is 6. The molecular formula is C29H32N4O5S. The van der Waals surface area contributed by atoms with Crippen LogP contribution in [0.25, 0.3) is 0 Å². The highest BCUT2D eigenvalue weighted by atomic mass is 32.2.